The molecule has 2 aliphatic heterocycles. The summed E-state index contributed by atoms with van der Waals surface area (Å²) in [6, 6.07) is 0. The van der Waals surface area contributed by atoms with Gasteiger partial charge >= 0.3 is 5.97 Å². The Hall–Kier alpha value is -0.570. The van der Waals surface area contributed by atoms with E-state index in [4.69, 9.17) is 9.47 Å². The molecule has 0 aromatic heterocycles. The van der Waals surface area contributed by atoms with E-state index in [0.29, 0.717) is 0 Å². The molecule has 3 nitrogen and oxygen atoms in total. The predicted molar refractivity (Wildman–Crippen MR) is 38.0 cm³/mol. The maximum absolute atomic E-state index is 11.1. The van der Waals surface area contributed by atoms with E-state index < -0.39 is 0 Å². The molecule has 11 heavy (non-hydrogen) atoms. The monoisotopic (exact) mass is 156 g/mol. The number of esters is 1. The summed E-state index contributed by atoms with van der Waals surface area (Å²) >= 11 is 0. The zero-order valence-electron chi connectivity index (χ0n) is 6.74. The summed E-state index contributed by atoms with van der Waals surface area (Å²) in [6.45, 7) is 3.89. The quantitative estimate of drug-likeness (QED) is 0.485. The third-order valence-electron chi connectivity index (χ3n) is 2.44. The Labute approximate surface area is 65.7 Å². The first-order valence-corrected chi connectivity index (χ1v) is 4.04. The Kier molecular flexibility index (Phi) is 1.42. The number of cyclic esters (lactones) is 1. The molecule has 0 saturated carbocycles. The zero-order valence-corrected chi connectivity index (χ0v) is 6.74. The van der Waals surface area contributed by atoms with E-state index in [1.165, 1.54) is 0 Å². The van der Waals surface area contributed by atoms with Gasteiger partial charge in [0.1, 0.15) is 12.2 Å². The van der Waals surface area contributed by atoms with Crippen molar-refractivity contribution in [2.45, 2.75) is 38.6 Å². The molecule has 0 amide bonds. The number of carbonyl (C=O) groups is 1. The third kappa shape index (κ3) is 0.948. The molecule has 3 unspecified atom stereocenters. The maximum Gasteiger partial charge on any atom is 0.312 e. The Morgan fingerprint density at radius 2 is 2.18 bits per heavy atom. The van der Waals surface area contributed by atoms with E-state index in [1.54, 1.807) is 0 Å². The minimum atomic E-state index is -0.0770. The minimum Gasteiger partial charge on any atom is -0.460 e. The van der Waals surface area contributed by atoms with Crippen LogP contribution in [0.15, 0.2) is 0 Å². The van der Waals surface area contributed by atoms with E-state index in [9.17, 15) is 4.79 Å². The Morgan fingerprint density at radius 3 is 2.82 bits per heavy atom. The summed E-state index contributed by atoms with van der Waals surface area (Å²) in [5.41, 5.74) is 0. The van der Waals surface area contributed by atoms with Crippen molar-refractivity contribution in [2.24, 2.45) is 5.92 Å². The van der Waals surface area contributed by atoms with Crippen LogP contribution in [0.4, 0.5) is 0 Å². The van der Waals surface area contributed by atoms with Crippen molar-refractivity contribution in [1.82, 2.24) is 0 Å². The Bertz CT molecular complexity index is 190. The van der Waals surface area contributed by atoms with Gasteiger partial charge in [-0.1, -0.05) is 0 Å². The first-order valence-electron chi connectivity index (χ1n) is 4.04. The number of rotatable bonds is 0. The van der Waals surface area contributed by atoms with Crippen LogP contribution in [-0.4, -0.2) is 24.3 Å². The molecule has 62 valence electrons. The molecule has 4 atom stereocenters. The summed E-state index contributed by atoms with van der Waals surface area (Å²) in [5, 5.41) is 0. The highest BCUT2D eigenvalue weighted by Crippen LogP contribution is 2.35. The molecule has 0 aliphatic carbocycles. The lowest BCUT2D eigenvalue weighted by Crippen LogP contribution is -2.21. The average molecular weight is 156 g/mol. The van der Waals surface area contributed by atoms with Crippen molar-refractivity contribution in [1.29, 1.82) is 0 Å². The molecule has 2 saturated heterocycles. The lowest BCUT2D eigenvalue weighted by Gasteiger charge is -2.11. The number of ether oxygens (including phenoxy) is 2. The van der Waals surface area contributed by atoms with Crippen LogP contribution in [0.2, 0.25) is 0 Å². The Morgan fingerprint density at radius 1 is 1.45 bits per heavy atom. The molecule has 2 rings (SSSR count). The fourth-order valence-corrected chi connectivity index (χ4v) is 1.92. The van der Waals surface area contributed by atoms with Gasteiger partial charge in [-0.3, -0.25) is 4.79 Å². The van der Waals surface area contributed by atoms with E-state index in [0.717, 1.165) is 6.42 Å². The number of carbonyl (C=O) groups excluding carboxylic acids is 1. The van der Waals surface area contributed by atoms with Gasteiger partial charge in [0.25, 0.3) is 0 Å². The van der Waals surface area contributed by atoms with Gasteiger partial charge in [-0.2, -0.15) is 0 Å². The van der Waals surface area contributed by atoms with Crippen molar-refractivity contribution < 1.29 is 14.3 Å². The summed E-state index contributed by atoms with van der Waals surface area (Å²) in [5.74, 6) is -0.0631. The van der Waals surface area contributed by atoms with Crippen molar-refractivity contribution in [3.63, 3.8) is 0 Å². The van der Waals surface area contributed by atoms with Gasteiger partial charge in [0.2, 0.25) is 0 Å². The van der Waals surface area contributed by atoms with Crippen LogP contribution < -0.4 is 0 Å². The standard InChI is InChI=1S/C8H12O3/c1-4-3-6-7(10-4)5(2)11-8(6)9/h4-7H,3H2,1-2H3/t4-,5?,6?,7?/m1/s1. The molecule has 2 aliphatic rings. The highest BCUT2D eigenvalue weighted by molar-refractivity contribution is 5.76. The zero-order chi connectivity index (χ0) is 8.01. The van der Waals surface area contributed by atoms with Crippen molar-refractivity contribution in [3.05, 3.63) is 0 Å². The number of hydrogen-bond acceptors (Lipinski definition) is 3. The Balaban J connectivity index is 2.16. The third-order valence-corrected chi connectivity index (χ3v) is 2.44. The lowest BCUT2D eigenvalue weighted by atomic mass is 10.00. The van der Waals surface area contributed by atoms with Crippen molar-refractivity contribution in [2.75, 3.05) is 0 Å². The van der Waals surface area contributed by atoms with Gasteiger partial charge in [-0.25, -0.2) is 0 Å². The molecule has 0 N–H and O–H groups in total. The van der Waals surface area contributed by atoms with Gasteiger partial charge < -0.3 is 9.47 Å². The van der Waals surface area contributed by atoms with Crippen LogP contribution in [0.1, 0.15) is 20.3 Å². The van der Waals surface area contributed by atoms with Crippen LogP contribution >= 0.6 is 0 Å². The molecule has 0 spiro atoms. The molecule has 2 heterocycles. The fraction of sp³-hybridized carbons (Fsp3) is 0.875. The molecule has 2 fully saturated rings. The summed E-state index contributed by atoms with van der Waals surface area (Å²) in [6.07, 6.45) is 1.03. The largest absolute Gasteiger partial charge is 0.460 e. The highest BCUT2D eigenvalue weighted by Gasteiger charge is 2.48. The number of hydrogen-bond donors (Lipinski definition) is 0. The average Bonchev–Trinajstić information content (AvgIpc) is 2.38. The predicted octanol–water partition coefficient (Wildman–Crippen LogP) is 0.725. The topological polar surface area (TPSA) is 35.5 Å². The van der Waals surface area contributed by atoms with Gasteiger partial charge in [0.15, 0.2) is 0 Å². The van der Waals surface area contributed by atoms with Crippen LogP contribution in [0.25, 0.3) is 0 Å². The smallest absolute Gasteiger partial charge is 0.312 e. The summed E-state index contributed by atoms with van der Waals surface area (Å²) in [4.78, 5) is 11.1. The molecule has 0 aromatic rings. The van der Waals surface area contributed by atoms with Gasteiger partial charge in [0, 0.05) is 0 Å². The second-order valence-electron chi connectivity index (χ2n) is 3.40. The normalized spacial score (nSPS) is 49.1. The van der Waals surface area contributed by atoms with E-state index in [1.807, 2.05) is 13.8 Å². The van der Waals surface area contributed by atoms with Gasteiger partial charge in [-0.05, 0) is 20.3 Å². The molecule has 0 bridgehead atoms. The van der Waals surface area contributed by atoms with Crippen LogP contribution in [-0.2, 0) is 14.3 Å². The molecular formula is C8H12O3. The first-order chi connectivity index (χ1) is 5.18. The SMILES string of the molecule is CC1OC(=O)C2C[C@@H](C)OC12. The van der Waals surface area contributed by atoms with Crippen LogP contribution in [0, 0.1) is 5.92 Å². The van der Waals surface area contributed by atoms with E-state index >= 15 is 0 Å². The second-order valence-corrected chi connectivity index (χ2v) is 3.40. The summed E-state index contributed by atoms with van der Waals surface area (Å²) < 4.78 is 10.5. The first kappa shape index (κ1) is 7.10. The van der Waals surface area contributed by atoms with Crippen LogP contribution in [0.5, 0.6) is 0 Å². The van der Waals surface area contributed by atoms with Crippen molar-refractivity contribution in [3.8, 4) is 0 Å². The van der Waals surface area contributed by atoms with Gasteiger partial charge in [-0.15, -0.1) is 0 Å². The maximum atomic E-state index is 11.1. The van der Waals surface area contributed by atoms with Crippen molar-refractivity contribution >= 4 is 5.97 Å². The fourth-order valence-electron chi connectivity index (χ4n) is 1.92. The van der Waals surface area contributed by atoms with E-state index in [2.05, 4.69) is 0 Å². The molecule has 0 radical (unpaired) electrons. The van der Waals surface area contributed by atoms with E-state index in [-0.39, 0.29) is 30.2 Å². The highest BCUT2D eigenvalue weighted by atomic mass is 16.6. The molecular weight excluding hydrogens is 144 g/mol. The lowest BCUT2D eigenvalue weighted by molar-refractivity contribution is -0.145. The molecule has 3 heteroatoms. The van der Waals surface area contributed by atoms with Gasteiger partial charge in [0.05, 0.1) is 12.0 Å². The number of fused-ring (bicyclic) bond motifs is 1. The summed E-state index contributed by atoms with van der Waals surface area (Å²) in [7, 11) is 0. The van der Waals surface area contributed by atoms with Crippen LogP contribution in [0.3, 0.4) is 0 Å². The minimum absolute atomic E-state index is 0.0139. The second kappa shape index (κ2) is 2.21. The molecule has 0 aromatic carbocycles.